The standard InChI is InChI=1S/C16H15FN2O4S/c17-12-3-5-14(6-4-12)24(21,22)15-9-19(10-15)16(20)11-23-13-2-1-7-18-8-13/h1-8,15H,9-11H2. The Labute approximate surface area is 138 Å². The first kappa shape index (κ1) is 16.4. The SMILES string of the molecule is O=C(COc1cccnc1)N1CC(S(=O)(=O)c2ccc(F)cc2)C1. The van der Waals surface area contributed by atoms with Crippen molar-refractivity contribution >= 4 is 15.7 Å². The second-order valence-corrected chi connectivity index (χ2v) is 7.63. The Morgan fingerprint density at radius 3 is 2.58 bits per heavy atom. The van der Waals surface area contributed by atoms with E-state index in [9.17, 15) is 17.6 Å². The van der Waals surface area contributed by atoms with Gasteiger partial charge in [-0.05, 0) is 36.4 Å². The number of hydrogen-bond acceptors (Lipinski definition) is 5. The van der Waals surface area contributed by atoms with Crippen LogP contribution in [0.25, 0.3) is 0 Å². The van der Waals surface area contributed by atoms with E-state index in [-0.39, 0.29) is 30.5 Å². The van der Waals surface area contributed by atoms with E-state index in [1.54, 1.807) is 18.3 Å². The molecule has 0 unspecified atom stereocenters. The third kappa shape index (κ3) is 3.38. The average molecular weight is 350 g/mol. The summed E-state index contributed by atoms with van der Waals surface area (Å²) in [4.78, 5) is 17.3. The highest BCUT2D eigenvalue weighted by Crippen LogP contribution is 2.24. The Kier molecular flexibility index (Phi) is 4.48. The molecule has 8 heteroatoms. The summed E-state index contributed by atoms with van der Waals surface area (Å²) in [6.45, 7) is 0.0406. The molecule has 0 spiro atoms. The molecule has 1 aliphatic heterocycles. The number of aromatic nitrogens is 1. The third-order valence-corrected chi connectivity index (χ3v) is 5.88. The Morgan fingerprint density at radius 2 is 1.96 bits per heavy atom. The number of sulfone groups is 1. The first-order valence-electron chi connectivity index (χ1n) is 7.27. The minimum absolute atomic E-state index is 0.0626. The lowest BCUT2D eigenvalue weighted by Gasteiger charge is -2.38. The number of pyridine rings is 1. The van der Waals surface area contributed by atoms with Crippen LogP contribution in [0.2, 0.25) is 0 Å². The molecule has 24 heavy (non-hydrogen) atoms. The Hall–Kier alpha value is -2.48. The zero-order chi connectivity index (χ0) is 17.2. The van der Waals surface area contributed by atoms with Gasteiger partial charge in [0.15, 0.2) is 16.4 Å². The lowest BCUT2D eigenvalue weighted by molar-refractivity contribution is -0.136. The molecule has 0 atom stereocenters. The van der Waals surface area contributed by atoms with Crippen LogP contribution >= 0.6 is 0 Å². The highest BCUT2D eigenvalue weighted by molar-refractivity contribution is 7.92. The molecule has 0 bridgehead atoms. The molecule has 0 radical (unpaired) electrons. The molecule has 1 aliphatic rings. The van der Waals surface area contributed by atoms with Gasteiger partial charge in [0.25, 0.3) is 5.91 Å². The van der Waals surface area contributed by atoms with E-state index in [2.05, 4.69) is 4.98 Å². The fourth-order valence-corrected chi connectivity index (χ4v) is 3.98. The van der Waals surface area contributed by atoms with Crippen LogP contribution in [-0.2, 0) is 14.6 Å². The minimum atomic E-state index is -3.56. The maximum absolute atomic E-state index is 12.9. The molecule has 2 aromatic rings. The monoisotopic (exact) mass is 350 g/mol. The molecule has 1 saturated heterocycles. The second-order valence-electron chi connectivity index (χ2n) is 5.40. The first-order valence-corrected chi connectivity index (χ1v) is 8.81. The van der Waals surface area contributed by atoms with E-state index in [0.29, 0.717) is 5.75 Å². The van der Waals surface area contributed by atoms with E-state index >= 15 is 0 Å². The van der Waals surface area contributed by atoms with Crippen molar-refractivity contribution in [2.24, 2.45) is 0 Å². The molecule has 1 fully saturated rings. The van der Waals surface area contributed by atoms with Crippen molar-refractivity contribution < 1.29 is 22.3 Å². The molecular formula is C16H15FN2O4S. The smallest absolute Gasteiger partial charge is 0.260 e. The van der Waals surface area contributed by atoms with E-state index < -0.39 is 20.9 Å². The van der Waals surface area contributed by atoms with Gasteiger partial charge in [-0.15, -0.1) is 0 Å². The summed E-state index contributed by atoms with van der Waals surface area (Å²) >= 11 is 0. The summed E-state index contributed by atoms with van der Waals surface area (Å²) in [6.07, 6.45) is 3.08. The number of ether oxygens (including phenoxy) is 1. The topological polar surface area (TPSA) is 76.6 Å². The fraction of sp³-hybridized carbons (Fsp3) is 0.250. The number of rotatable bonds is 5. The molecular weight excluding hydrogens is 335 g/mol. The van der Waals surface area contributed by atoms with Crippen molar-refractivity contribution in [3.63, 3.8) is 0 Å². The van der Waals surface area contributed by atoms with Crippen LogP contribution in [0.4, 0.5) is 4.39 Å². The van der Waals surface area contributed by atoms with Crippen LogP contribution < -0.4 is 4.74 Å². The normalized spacial score (nSPS) is 15.0. The summed E-state index contributed by atoms with van der Waals surface area (Å²) in [5, 5.41) is -0.676. The van der Waals surface area contributed by atoms with Gasteiger partial charge in [0.2, 0.25) is 0 Å². The van der Waals surface area contributed by atoms with Crippen LogP contribution in [0.5, 0.6) is 5.75 Å². The van der Waals surface area contributed by atoms with Crippen molar-refractivity contribution in [3.8, 4) is 5.75 Å². The van der Waals surface area contributed by atoms with Crippen LogP contribution in [0.3, 0.4) is 0 Å². The number of carbonyl (C=O) groups excluding carboxylic acids is 1. The molecule has 1 aromatic heterocycles. The Bertz CT molecular complexity index is 819. The van der Waals surface area contributed by atoms with E-state index in [1.165, 1.54) is 23.2 Å². The first-order chi connectivity index (χ1) is 11.5. The van der Waals surface area contributed by atoms with Gasteiger partial charge in [-0.3, -0.25) is 9.78 Å². The predicted molar refractivity (Wildman–Crippen MR) is 83.7 cm³/mol. The molecule has 2 heterocycles. The van der Waals surface area contributed by atoms with Crippen molar-refractivity contribution in [1.29, 1.82) is 0 Å². The number of likely N-dealkylation sites (tertiary alicyclic amines) is 1. The number of amides is 1. The van der Waals surface area contributed by atoms with E-state index in [0.717, 1.165) is 12.1 Å². The number of carbonyl (C=O) groups is 1. The molecule has 6 nitrogen and oxygen atoms in total. The van der Waals surface area contributed by atoms with Gasteiger partial charge in [-0.25, -0.2) is 12.8 Å². The highest BCUT2D eigenvalue weighted by Gasteiger charge is 2.40. The molecule has 1 amide bonds. The summed E-state index contributed by atoms with van der Waals surface area (Å²) in [5.74, 6) is -0.307. The van der Waals surface area contributed by atoms with Crippen molar-refractivity contribution in [2.75, 3.05) is 19.7 Å². The molecule has 0 aliphatic carbocycles. The van der Waals surface area contributed by atoms with Crippen LogP contribution in [0.1, 0.15) is 0 Å². The van der Waals surface area contributed by atoms with Crippen LogP contribution in [0.15, 0.2) is 53.7 Å². The van der Waals surface area contributed by atoms with Crippen molar-refractivity contribution in [2.45, 2.75) is 10.1 Å². The second kappa shape index (κ2) is 6.56. The maximum Gasteiger partial charge on any atom is 0.260 e. The maximum atomic E-state index is 12.9. The van der Waals surface area contributed by atoms with Gasteiger partial charge in [0, 0.05) is 19.3 Å². The number of halogens is 1. The van der Waals surface area contributed by atoms with Crippen LogP contribution in [0, 0.1) is 5.82 Å². The van der Waals surface area contributed by atoms with Crippen molar-refractivity contribution in [1.82, 2.24) is 9.88 Å². The lowest BCUT2D eigenvalue weighted by Crippen LogP contribution is -2.57. The van der Waals surface area contributed by atoms with E-state index in [4.69, 9.17) is 4.74 Å². The molecule has 1 aromatic carbocycles. The fourth-order valence-electron chi connectivity index (χ4n) is 2.32. The van der Waals surface area contributed by atoms with E-state index in [1.807, 2.05) is 0 Å². The summed E-state index contributed by atoms with van der Waals surface area (Å²) < 4.78 is 42.9. The third-order valence-electron chi connectivity index (χ3n) is 3.78. The molecule has 3 rings (SSSR count). The largest absolute Gasteiger partial charge is 0.482 e. The number of benzene rings is 1. The van der Waals surface area contributed by atoms with Gasteiger partial charge >= 0.3 is 0 Å². The quantitative estimate of drug-likeness (QED) is 0.760. The molecule has 0 N–H and O–H groups in total. The zero-order valence-corrected chi connectivity index (χ0v) is 13.4. The highest BCUT2D eigenvalue weighted by atomic mass is 32.2. The van der Waals surface area contributed by atoms with Gasteiger partial charge < -0.3 is 9.64 Å². The predicted octanol–water partition coefficient (Wildman–Crippen LogP) is 1.28. The van der Waals surface area contributed by atoms with Gasteiger partial charge in [0.1, 0.15) is 16.8 Å². The average Bonchev–Trinajstić information content (AvgIpc) is 2.52. The summed E-state index contributed by atoms with van der Waals surface area (Å²) in [5.41, 5.74) is 0. The van der Waals surface area contributed by atoms with Crippen LogP contribution in [-0.4, -0.2) is 49.2 Å². The Balaban J connectivity index is 1.54. The van der Waals surface area contributed by atoms with Gasteiger partial charge in [-0.1, -0.05) is 0 Å². The number of nitrogens with zero attached hydrogens (tertiary/aromatic N) is 2. The summed E-state index contributed by atoms with van der Waals surface area (Å²) in [6, 6.07) is 8.06. The number of hydrogen-bond donors (Lipinski definition) is 0. The van der Waals surface area contributed by atoms with Gasteiger partial charge in [0.05, 0.1) is 11.1 Å². The zero-order valence-electron chi connectivity index (χ0n) is 12.6. The van der Waals surface area contributed by atoms with Gasteiger partial charge in [-0.2, -0.15) is 0 Å². The summed E-state index contributed by atoms with van der Waals surface area (Å²) in [7, 11) is -3.56. The molecule has 0 saturated carbocycles. The Morgan fingerprint density at radius 1 is 1.25 bits per heavy atom. The van der Waals surface area contributed by atoms with Crippen molar-refractivity contribution in [3.05, 3.63) is 54.6 Å². The minimum Gasteiger partial charge on any atom is -0.482 e. The lowest BCUT2D eigenvalue weighted by atomic mass is 10.2. The molecule has 126 valence electrons.